The topological polar surface area (TPSA) is 52.1 Å². The van der Waals surface area contributed by atoms with Crippen LogP contribution >= 0.6 is 0 Å². The Morgan fingerprint density at radius 1 is 0.472 bits per heavy atom. The van der Waals surface area contributed by atoms with Crippen LogP contribution in [0.3, 0.4) is 0 Å². The quantitative estimate of drug-likeness (QED) is 0.258. The minimum absolute atomic E-state index is 0.561. The average Bonchev–Trinajstić information content (AvgIpc) is 3.49. The highest BCUT2D eigenvalue weighted by molar-refractivity contribution is 6.10. The Hall–Kier alpha value is -4.96. The van der Waals surface area contributed by atoms with E-state index in [0.717, 1.165) is 71.7 Å². The number of aromatic nitrogens is 2. The fourth-order valence-electron chi connectivity index (χ4n) is 5.16. The van der Waals surface area contributed by atoms with Crippen LogP contribution in [0.25, 0.3) is 77.4 Å². The van der Waals surface area contributed by atoms with Gasteiger partial charge in [0.05, 0.1) is 11.0 Å². The average molecular weight is 463 g/mol. The fourth-order valence-corrected chi connectivity index (χ4v) is 5.16. The number of fused-ring (bicyclic) bond motifs is 7. The van der Waals surface area contributed by atoms with Crippen LogP contribution in [0.1, 0.15) is 0 Å². The van der Waals surface area contributed by atoms with E-state index in [1.807, 2.05) is 48.5 Å². The van der Waals surface area contributed by atoms with Gasteiger partial charge in [-0.1, -0.05) is 72.8 Å². The van der Waals surface area contributed by atoms with Gasteiger partial charge in [-0.3, -0.25) is 0 Å². The molecule has 168 valence electrons. The first-order valence-electron chi connectivity index (χ1n) is 11.9. The second-order valence-electron chi connectivity index (χ2n) is 9.04. The van der Waals surface area contributed by atoms with Gasteiger partial charge in [0.15, 0.2) is 0 Å². The van der Waals surface area contributed by atoms with Crippen LogP contribution in [0, 0.1) is 0 Å². The van der Waals surface area contributed by atoms with Gasteiger partial charge in [-0.05, 0) is 53.1 Å². The Morgan fingerprint density at radius 2 is 1.19 bits per heavy atom. The molecule has 0 saturated heterocycles. The number of nitrogens with zero attached hydrogens (tertiary/aromatic N) is 2. The first kappa shape index (κ1) is 19.4. The molecule has 8 aromatic rings. The van der Waals surface area contributed by atoms with Crippen LogP contribution in [0.15, 0.2) is 118 Å². The molecule has 3 heterocycles. The molecule has 4 nitrogen and oxygen atoms in total. The lowest BCUT2D eigenvalue weighted by Crippen LogP contribution is -1.84. The maximum absolute atomic E-state index is 6.29. The molecule has 5 aromatic carbocycles. The number of benzene rings is 5. The summed E-state index contributed by atoms with van der Waals surface area (Å²) >= 11 is 0. The van der Waals surface area contributed by atoms with Crippen molar-refractivity contribution in [2.24, 2.45) is 0 Å². The van der Waals surface area contributed by atoms with Crippen molar-refractivity contribution in [3.8, 4) is 22.3 Å². The number of rotatable bonds is 2. The van der Waals surface area contributed by atoms with Crippen LogP contribution in [0.2, 0.25) is 0 Å². The van der Waals surface area contributed by atoms with Crippen molar-refractivity contribution in [2.45, 2.75) is 0 Å². The fraction of sp³-hybridized carbons (Fsp3) is 0. The molecule has 0 saturated carbocycles. The van der Waals surface area contributed by atoms with E-state index >= 15 is 0 Å². The summed E-state index contributed by atoms with van der Waals surface area (Å²) in [4.78, 5) is 9.53. The lowest BCUT2D eigenvalue weighted by atomic mass is 9.97. The molecule has 4 heteroatoms. The second-order valence-corrected chi connectivity index (χ2v) is 9.04. The molecule has 0 aliphatic heterocycles. The normalized spacial score (nSPS) is 11.9. The van der Waals surface area contributed by atoms with Crippen molar-refractivity contribution < 1.29 is 8.83 Å². The Balaban J connectivity index is 1.30. The Kier molecular flexibility index (Phi) is 3.91. The summed E-state index contributed by atoms with van der Waals surface area (Å²) in [5.41, 5.74) is 10.0. The SMILES string of the molecule is c1cc(-c2ccc3oc4nc5ccccc5nc4c3c2)cc(-c2cccc3c2oc2ccccc23)c1. The number of hydrogen-bond donors (Lipinski definition) is 0. The third kappa shape index (κ3) is 2.82. The molecule has 0 aliphatic carbocycles. The van der Waals surface area contributed by atoms with Gasteiger partial charge in [-0.25, -0.2) is 9.97 Å². The highest BCUT2D eigenvalue weighted by Crippen LogP contribution is 2.37. The van der Waals surface area contributed by atoms with Crippen molar-refractivity contribution in [3.05, 3.63) is 109 Å². The summed E-state index contributed by atoms with van der Waals surface area (Å²) in [5, 5.41) is 3.23. The van der Waals surface area contributed by atoms with E-state index in [1.54, 1.807) is 0 Å². The molecule has 0 unspecified atom stereocenters. The first-order chi connectivity index (χ1) is 17.8. The zero-order valence-corrected chi connectivity index (χ0v) is 19.1. The summed E-state index contributed by atoms with van der Waals surface area (Å²) in [6.45, 7) is 0. The molecular formula is C32H18N2O2. The maximum Gasteiger partial charge on any atom is 0.246 e. The van der Waals surface area contributed by atoms with Crippen molar-refractivity contribution in [1.29, 1.82) is 0 Å². The molecule has 0 aliphatic rings. The van der Waals surface area contributed by atoms with Crippen LogP contribution in [0.4, 0.5) is 0 Å². The smallest absolute Gasteiger partial charge is 0.246 e. The number of furan rings is 2. The van der Waals surface area contributed by atoms with E-state index in [1.165, 1.54) is 0 Å². The minimum atomic E-state index is 0.561. The zero-order valence-electron chi connectivity index (χ0n) is 19.1. The van der Waals surface area contributed by atoms with E-state index in [2.05, 4.69) is 65.6 Å². The molecule has 0 fully saturated rings. The lowest BCUT2D eigenvalue weighted by Gasteiger charge is -2.07. The summed E-state index contributed by atoms with van der Waals surface area (Å²) in [6, 6.07) is 37.2. The van der Waals surface area contributed by atoms with Gasteiger partial charge in [0.1, 0.15) is 22.3 Å². The number of para-hydroxylation sites is 4. The second kappa shape index (κ2) is 7.27. The van der Waals surface area contributed by atoms with Gasteiger partial charge in [0.2, 0.25) is 5.71 Å². The molecule has 3 aromatic heterocycles. The minimum Gasteiger partial charge on any atom is -0.455 e. The predicted molar refractivity (Wildman–Crippen MR) is 145 cm³/mol. The Morgan fingerprint density at radius 3 is 2.14 bits per heavy atom. The molecule has 0 amide bonds. The van der Waals surface area contributed by atoms with Crippen molar-refractivity contribution in [1.82, 2.24) is 9.97 Å². The van der Waals surface area contributed by atoms with E-state index in [4.69, 9.17) is 13.8 Å². The van der Waals surface area contributed by atoms with E-state index in [-0.39, 0.29) is 0 Å². The Bertz CT molecular complexity index is 2120. The van der Waals surface area contributed by atoms with Crippen LogP contribution in [-0.4, -0.2) is 9.97 Å². The zero-order chi connectivity index (χ0) is 23.6. The largest absolute Gasteiger partial charge is 0.455 e. The summed E-state index contributed by atoms with van der Waals surface area (Å²) in [5.74, 6) is 0. The van der Waals surface area contributed by atoms with Gasteiger partial charge < -0.3 is 8.83 Å². The molecule has 0 N–H and O–H groups in total. The van der Waals surface area contributed by atoms with E-state index in [9.17, 15) is 0 Å². The van der Waals surface area contributed by atoms with E-state index < -0.39 is 0 Å². The van der Waals surface area contributed by atoms with Crippen molar-refractivity contribution >= 4 is 55.2 Å². The maximum atomic E-state index is 6.29. The molecule has 0 atom stereocenters. The van der Waals surface area contributed by atoms with Gasteiger partial charge >= 0.3 is 0 Å². The van der Waals surface area contributed by atoms with Crippen molar-refractivity contribution in [2.75, 3.05) is 0 Å². The van der Waals surface area contributed by atoms with Crippen molar-refractivity contribution in [3.63, 3.8) is 0 Å². The first-order valence-corrected chi connectivity index (χ1v) is 11.9. The third-order valence-electron chi connectivity index (χ3n) is 6.89. The standard InChI is InChI=1S/C32H18N2O2/c1-4-14-28-23(9-1)24-11-6-10-22(31(24)35-28)21-8-5-7-19(17-21)20-15-16-29-25(18-20)30-32(36-29)34-27-13-3-2-12-26(27)33-30/h1-18H. The van der Waals surface area contributed by atoms with Crippen LogP contribution < -0.4 is 0 Å². The highest BCUT2D eigenvalue weighted by atomic mass is 16.3. The molecular weight excluding hydrogens is 444 g/mol. The predicted octanol–water partition coefficient (Wildman–Crippen LogP) is 8.76. The highest BCUT2D eigenvalue weighted by Gasteiger charge is 2.14. The lowest BCUT2D eigenvalue weighted by molar-refractivity contribution is 0.655. The van der Waals surface area contributed by atoms with Crippen LogP contribution in [-0.2, 0) is 0 Å². The molecule has 0 radical (unpaired) electrons. The van der Waals surface area contributed by atoms with Gasteiger partial charge in [0, 0.05) is 21.7 Å². The summed E-state index contributed by atoms with van der Waals surface area (Å²) in [6.07, 6.45) is 0. The monoisotopic (exact) mass is 462 g/mol. The third-order valence-corrected chi connectivity index (χ3v) is 6.89. The number of hydrogen-bond acceptors (Lipinski definition) is 4. The molecule has 8 rings (SSSR count). The van der Waals surface area contributed by atoms with E-state index in [0.29, 0.717) is 5.71 Å². The van der Waals surface area contributed by atoms with Gasteiger partial charge in [-0.2, -0.15) is 0 Å². The van der Waals surface area contributed by atoms with Gasteiger partial charge in [-0.15, -0.1) is 0 Å². The molecule has 0 spiro atoms. The molecule has 0 bridgehead atoms. The summed E-state index contributed by atoms with van der Waals surface area (Å²) < 4.78 is 12.3. The van der Waals surface area contributed by atoms with Crippen LogP contribution in [0.5, 0.6) is 0 Å². The summed E-state index contributed by atoms with van der Waals surface area (Å²) in [7, 11) is 0. The Labute approximate surface area is 205 Å². The molecule has 36 heavy (non-hydrogen) atoms. The van der Waals surface area contributed by atoms with Gasteiger partial charge in [0.25, 0.3) is 0 Å².